The highest BCUT2D eigenvalue weighted by molar-refractivity contribution is 7.47. The summed E-state index contributed by atoms with van der Waals surface area (Å²) in [4.78, 5) is 72.7. The average Bonchev–Trinajstić information content (AvgIpc) is 3.58. The van der Waals surface area contributed by atoms with E-state index in [4.69, 9.17) is 37.0 Å². The second-order valence-electron chi connectivity index (χ2n) is 28.9. The predicted octanol–water partition coefficient (Wildman–Crippen LogP) is 21.7. The quantitative estimate of drug-likeness (QED) is 0.0222. The van der Waals surface area contributed by atoms with Crippen molar-refractivity contribution in [2.75, 3.05) is 39.6 Å². The number of aliphatic hydroxyl groups is 1. The molecule has 0 rings (SSSR count). The molecule has 0 bridgehead atoms. The second-order valence-corrected chi connectivity index (χ2v) is 31.9. The number of ether oxygens (including phenoxy) is 4. The molecule has 0 aromatic heterocycles. The normalized spacial score (nSPS) is 14.2. The number of rotatable bonds is 72. The van der Waals surface area contributed by atoms with Crippen LogP contribution in [-0.2, 0) is 65.4 Å². The van der Waals surface area contributed by atoms with Crippen LogP contribution in [0, 0.1) is 23.7 Å². The molecule has 0 amide bonds. The van der Waals surface area contributed by atoms with Crippen LogP contribution in [0.1, 0.15) is 376 Å². The molecule has 0 aromatic carbocycles. The first-order chi connectivity index (χ1) is 45.1. The van der Waals surface area contributed by atoms with Gasteiger partial charge < -0.3 is 33.8 Å². The van der Waals surface area contributed by atoms with E-state index in [1.165, 1.54) is 173 Å². The Kier molecular flexibility index (Phi) is 63.1. The summed E-state index contributed by atoms with van der Waals surface area (Å²) in [6.45, 7) is 14.1. The number of phosphoric acid groups is 2. The van der Waals surface area contributed by atoms with Crippen molar-refractivity contribution in [2.45, 2.75) is 395 Å². The zero-order chi connectivity index (χ0) is 69.6. The van der Waals surface area contributed by atoms with Crippen LogP contribution in [-0.4, -0.2) is 96.7 Å². The Morgan fingerprint density at radius 3 is 0.660 bits per heavy atom. The first-order valence-corrected chi connectivity index (χ1v) is 41.7. The molecule has 0 heterocycles. The largest absolute Gasteiger partial charge is 0.472 e. The van der Waals surface area contributed by atoms with Gasteiger partial charge >= 0.3 is 39.5 Å². The van der Waals surface area contributed by atoms with E-state index in [-0.39, 0.29) is 25.7 Å². The second kappa shape index (κ2) is 64.4. The minimum Gasteiger partial charge on any atom is -0.462 e. The third kappa shape index (κ3) is 68.6. The summed E-state index contributed by atoms with van der Waals surface area (Å²) in [5.41, 5.74) is 0. The van der Waals surface area contributed by atoms with Crippen molar-refractivity contribution < 1.29 is 80.2 Å². The monoisotopic (exact) mass is 1380 g/mol. The topological polar surface area (TPSA) is 237 Å². The molecule has 0 spiro atoms. The molecule has 0 saturated carbocycles. The fourth-order valence-corrected chi connectivity index (χ4v) is 13.0. The molecule has 19 heteroatoms. The number of esters is 4. The van der Waals surface area contributed by atoms with Gasteiger partial charge in [0.1, 0.15) is 19.3 Å². The van der Waals surface area contributed by atoms with E-state index in [1.54, 1.807) is 0 Å². The lowest BCUT2D eigenvalue weighted by atomic mass is 10.0. The van der Waals surface area contributed by atoms with Crippen LogP contribution < -0.4 is 0 Å². The van der Waals surface area contributed by atoms with Crippen LogP contribution in [0.4, 0.5) is 0 Å². The van der Waals surface area contributed by atoms with Crippen LogP contribution in [0.2, 0.25) is 0 Å². The Hall–Kier alpha value is -1.94. The van der Waals surface area contributed by atoms with Crippen molar-refractivity contribution >= 4 is 39.5 Å². The lowest BCUT2D eigenvalue weighted by Gasteiger charge is -2.21. The van der Waals surface area contributed by atoms with Gasteiger partial charge in [0.05, 0.1) is 26.4 Å². The van der Waals surface area contributed by atoms with E-state index in [0.29, 0.717) is 31.6 Å². The molecule has 0 radical (unpaired) electrons. The summed E-state index contributed by atoms with van der Waals surface area (Å²) < 4.78 is 68.4. The Morgan fingerprint density at radius 1 is 0.266 bits per heavy atom. The lowest BCUT2D eigenvalue weighted by Crippen LogP contribution is -2.30. The van der Waals surface area contributed by atoms with Gasteiger partial charge in [-0.3, -0.25) is 37.3 Å². The van der Waals surface area contributed by atoms with Crippen LogP contribution in [0.25, 0.3) is 0 Å². The maximum atomic E-state index is 13.1. The first-order valence-electron chi connectivity index (χ1n) is 38.7. The van der Waals surface area contributed by atoms with Crippen molar-refractivity contribution in [3.63, 3.8) is 0 Å². The predicted molar refractivity (Wildman–Crippen MR) is 381 cm³/mol. The van der Waals surface area contributed by atoms with E-state index in [9.17, 15) is 43.2 Å². The number of hydrogen-bond donors (Lipinski definition) is 3. The van der Waals surface area contributed by atoms with E-state index >= 15 is 0 Å². The Labute approximate surface area is 575 Å². The smallest absolute Gasteiger partial charge is 0.462 e. The molecular formula is C75H146O17P2. The third-order valence-corrected chi connectivity index (χ3v) is 19.2. The minimum atomic E-state index is -4.96. The van der Waals surface area contributed by atoms with Gasteiger partial charge in [-0.2, -0.15) is 0 Å². The number of phosphoric ester groups is 2. The Morgan fingerprint density at radius 2 is 0.447 bits per heavy atom. The fraction of sp³-hybridized carbons (Fsp3) is 0.947. The van der Waals surface area contributed by atoms with Crippen molar-refractivity contribution in [1.82, 2.24) is 0 Å². The van der Waals surface area contributed by atoms with E-state index in [1.807, 2.05) is 0 Å². The summed E-state index contributed by atoms with van der Waals surface area (Å²) in [5, 5.41) is 10.6. The van der Waals surface area contributed by atoms with Gasteiger partial charge in [0.25, 0.3) is 0 Å². The average molecular weight is 1380 g/mol. The fourth-order valence-electron chi connectivity index (χ4n) is 11.4. The van der Waals surface area contributed by atoms with Gasteiger partial charge in [0.2, 0.25) is 0 Å². The SMILES string of the molecule is CC(C)CCCCCCCCCCCCCCCCCCCCC(=O)O[C@H](COC(=O)CCCCCCCCCCC(C)C)COP(=O)(O)OCC(O)COP(=O)(O)OC[C@@H](COC(=O)CCCCCCCCCC(C)C)OC(=O)CCCCCCCCCCCC(C)C. The standard InChI is InChI=1S/C75H146O17P2/c1-65(2)51-43-35-27-20-17-15-13-11-9-10-12-14-16-18-22-32-41-49-57-74(79)91-70(61-85-72(77)55-47-39-31-25-24-29-37-45-53-67(5)6)63-89-93(81,82)87-59-69(76)60-88-94(83,84)90-64-71(62-86-73(78)56-48-40-34-26-30-38-46-54-68(7)8)92-75(80)58-50-42-33-23-19-21-28-36-44-52-66(3)4/h65-71,76H,9-64H2,1-8H3,(H,81,82)(H,83,84)/t69?,70-,71-/m1/s1. The van der Waals surface area contributed by atoms with Crippen LogP contribution >= 0.6 is 15.6 Å². The van der Waals surface area contributed by atoms with Gasteiger partial charge in [-0.1, -0.05) is 325 Å². The maximum Gasteiger partial charge on any atom is 0.472 e. The summed E-state index contributed by atoms with van der Waals surface area (Å²) >= 11 is 0. The Bertz CT molecular complexity index is 1850. The van der Waals surface area contributed by atoms with Crippen LogP contribution in [0.15, 0.2) is 0 Å². The van der Waals surface area contributed by atoms with Gasteiger partial charge in [-0.15, -0.1) is 0 Å². The molecule has 5 atom stereocenters. The molecule has 0 aliphatic rings. The molecule has 0 aliphatic heterocycles. The number of unbranched alkanes of at least 4 members (excludes halogenated alkanes) is 38. The maximum absolute atomic E-state index is 13.1. The number of carbonyl (C=O) groups excluding carboxylic acids is 4. The molecule has 0 aliphatic carbocycles. The third-order valence-electron chi connectivity index (χ3n) is 17.3. The molecule has 17 nitrogen and oxygen atoms in total. The van der Waals surface area contributed by atoms with Crippen molar-refractivity contribution in [2.24, 2.45) is 23.7 Å². The van der Waals surface area contributed by atoms with E-state index in [2.05, 4.69) is 55.4 Å². The van der Waals surface area contributed by atoms with Crippen molar-refractivity contribution in [3.05, 3.63) is 0 Å². The highest BCUT2D eigenvalue weighted by atomic mass is 31.2. The number of carbonyl (C=O) groups is 4. The highest BCUT2D eigenvalue weighted by Crippen LogP contribution is 2.45. The summed E-state index contributed by atoms with van der Waals surface area (Å²) in [5.74, 6) is 0.863. The molecule has 3 N–H and O–H groups in total. The highest BCUT2D eigenvalue weighted by Gasteiger charge is 2.30. The van der Waals surface area contributed by atoms with Gasteiger partial charge in [-0.05, 0) is 49.4 Å². The number of hydrogen-bond acceptors (Lipinski definition) is 15. The van der Waals surface area contributed by atoms with Gasteiger partial charge in [0, 0.05) is 25.7 Å². The Balaban J connectivity index is 5.19. The molecule has 0 aromatic rings. The first kappa shape index (κ1) is 92.1. The lowest BCUT2D eigenvalue weighted by molar-refractivity contribution is -0.161. The molecule has 94 heavy (non-hydrogen) atoms. The van der Waals surface area contributed by atoms with E-state index < -0.39 is 97.5 Å². The summed E-state index contributed by atoms with van der Waals surface area (Å²) in [6, 6.07) is 0. The number of aliphatic hydroxyl groups excluding tert-OH is 1. The molecule has 0 saturated heterocycles. The zero-order valence-electron chi connectivity index (χ0n) is 61.6. The van der Waals surface area contributed by atoms with Crippen molar-refractivity contribution in [1.29, 1.82) is 0 Å². The van der Waals surface area contributed by atoms with Crippen molar-refractivity contribution in [3.8, 4) is 0 Å². The molecule has 0 fully saturated rings. The van der Waals surface area contributed by atoms with E-state index in [0.717, 1.165) is 114 Å². The van der Waals surface area contributed by atoms with Crippen LogP contribution in [0.3, 0.4) is 0 Å². The van der Waals surface area contributed by atoms with Crippen LogP contribution in [0.5, 0.6) is 0 Å². The molecular weight excluding hydrogens is 1230 g/mol. The van der Waals surface area contributed by atoms with Gasteiger partial charge in [0.15, 0.2) is 12.2 Å². The summed E-state index contributed by atoms with van der Waals surface area (Å²) in [7, 11) is -9.91. The van der Waals surface area contributed by atoms with Gasteiger partial charge in [-0.25, -0.2) is 9.13 Å². The summed E-state index contributed by atoms with van der Waals surface area (Å²) in [6.07, 6.45) is 48.9. The molecule has 558 valence electrons. The zero-order valence-corrected chi connectivity index (χ0v) is 63.4. The minimum absolute atomic E-state index is 0.104. The molecule has 3 unspecified atom stereocenters.